The molecule has 0 aliphatic carbocycles. The maximum absolute atomic E-state index is 10.3. The number of methoxy groups -OCH3 is 2. The van der Waals surface area contributed by atoms with Crippen LogP contribution in [-0.4, -0.2) is 19.3 Å². The van der Waals surface area contributed by atoms with Crippen molar-refractivity contribution in [3.8, 4) is 11.5 Å². The highest BCUT2D eigenvalue weighted by atomic mass is 16.5. The van der Waals surface area contributed by atoms with Gasteiger partial charge in [-0.1, -0.05) is 24.3 Å². The van der Waals surface area contributed by atoms with Crippen LogP contribution in [0.25, 0.3) is 0 Å². The molecule has 112 valence electrons. The van der Waals surface area contributed by atoms with E-state index < -0.39 is 6.10 Å². The van der Waals surface area contributed by atoms with Crippen LogP contribution in [0.5, 0.6) is 11.5 Å². The topological polar surface area (TPSA) is 64.7 Å². The Morgan fingerprint density at radius 1 is 1.05 bits per heavy atom. The molecule has 0 amide bonds. The third-order valence-electron chi connectivity index (χ3n) is 3.51. The van der Waals surface area contributed by atoms with Crippen molar-refractivity contribution in [2.24, 2.45) is 0 Å². The van der Waals surface area contributed by atoms with Gasteiger partial charge in [-0.05, 0) is 36.6 Å². The van der Waals surface area contributed by atoms with Crippen LogP contribution in [0.15, 0.2) is 42.5 Å². The predicted molar refractivity (Wildman–Crippen MR) is 83.7 cm³/mol. The molecule has 0 spiro atoms. The molecule has 4 nitrogen and oxygen atoms in total. The van der Waals surface area contributed by atoms with Gasteiger partial charge in [-0.2, -0.15) is 0 Å². The number of nitrogens with two attached hydrogens (primary N) is 1. The van der Waals surface area contributed by atoms with Crippen LogP contribution >= 0.6 is 0 Å². The minimum Gasteiger partial charge on any atom is -0.493 e. The molecule has 0 saturated carbocycles. The maximum atomic E-state index is 10.3. The zero-order valence-corrected chi connectivity index (χ0v) is 12.4. The molecule has 2 aromatic rings. The molecular formula is C17H21NO3. The number of nitrogen functional groups attached to an aromatic ring is 1. The second-order valence-electron chi connectivity index (χ2n) is 4.87. The van der Waals surface area contributed by atoms with E-state index in [2.05, 4.69) is 0 Å². The minimum absolute atomic E-state index is 0.570. The SMILES string of the molecule is COc1ccc(CCC(O)c2ccccc2N)cc1OC. The van der Waals surface area contributed by atoms with Crippen molar-refractivity contribution in [1.29, 1.82) is 0 Å². The van der Waals surface area contributed by atoms with Gasteiger partial charge in [0.1, 0.15) is 0 Å². The maximum Gasteiger partial charge on any atom is 0.160 e. The number of anilines is 1. The normalized spacial score (nSPS) is 12.0. The van der Waals surface area contributed by atoms with Crippen molar-refractivity contribution >= 4 is 5.69 Å². The Hall–Kier alpha value is -2.20. The van der Waals surface area contributed by atoms with Gasteiger partial charge in [-0.15, -0.1) is 0 Å². The van der Waals surface area contributed by atoms with Gasteiger partial charge in [-0.25, -0.2) is 0 Å². The van der Waals surface area contributed by atoms with E-state index in [4.69, 9.17) is 15.2 Å². The van der Waals surface area contributed by atoms with Crippen molar-refractivity contribution in [1.82, 2.24) is 0 Å². The van der Waals surface area contributed by atoms with Crippen LogP contribution < -0.4 is 15.2 Å². The summed E-state index contributed by atoms with van der Waals surface area (Å²) in [6.45, 7) is 0. The number of aryl methyl sites for hydroxylation is 1. The Bertz CT molecular complexity index is 598. The molecule has 0 aliphatic heterocycles. The van der Waals surface area contributed by atoms with Crippen LogP contribution in [0.3, 0.4) is 0 Å². The Morgan fingerprint density at radius 2 is 1.76 bits per heavy atom. The molecular weight excluding hydrogens is 266 g/mol. The Balaban J connectivity index is 2.04. The number of ether oxygens (including phenoxy) is 2. The molecule has 0 fully saturated rings. The molecule has 0 saturated heterocycles. The molecule has 4 heteroatoms. The Labute approximate surface area is 125 Å². The average molecular weight is 287 g/mol. The van der Waals surface area contributed by atoms with Crippen LogP contribution in [0, 0.1) is 0 Å². The van der Waals surface area contributed by atoms with Gasteiger partial charge in [-0.3, -0.25) is 0 Å². The number of benzene rings is 2. The van der Waals surface area contributed by atoms with Gasteiger partial charge >= 0.3 is 0 Å². The largest absolute Gasteiger partial charge is 0.493 e. The lowest BCUT2D eigenvalue weighted by atomic mass is 10.00. The van der Waals surface area contributed by atoms with Crippen molar-refractivity contribution < 1.29 is 14.6 Å². The quantitative estimate of drug-likeness (QED) is 0.802. The standard InChI is InChI=1S/C17H21NO3/c1-20-16-10-8-12(11-17(16)21-2)7-9-15(19)13-5-3-4-6-14(13)18/h3-6,8,10-11,15,19H,7,9,18H2,1-2H3. The molecule has 0 aromatic heterocycles. The zero-order valence-electron chi connectivity index (χ0n) is 12.4. The molecule has 3 N–H and O–H groups in total. The summed E-state index contributed by atoms with van der Waals surface area (Å²) in [7, 11) is 3.22. The number of rotatable bonds is 6. The third-order valence-corrected chi connectivity index (χ3v) is 3.51. The first kappa shape index (κ1) is 15.2. The van der Waals surface area contributed by atoms with E-state index in [-0.39, 0.29) is 0 Å². The van der Waals surface area contributed by atoms with Crippen LogP contribution in [0.1, 0.15) is 23.7 Å². The van der Waals surface area contributed by atoms with E-state index in [0.29, 0.717) is 23.6 Å². The van der Waals surface area contributed by atoms with E-state index >= 15 is 0 Å². The summed E-state index contributed by atoms with van der Waals surface area (Å²) in [5, 5.41) is 10.3. The van der Waals surface area contributed by atoms with Gasteiger partial charge in [0, 0.05) is 11.3 Å². The predicted octanol–water partition coefficient (Wildman–Crippen LogP) is 2.95. The van der Waals surface area contributed by atoms with Crippen molar-refractivity contribution in [2.75, 3.05) is 20.0 Å². The summed E-state index contributed by atoms with van der Waals surface area (Å²) < 4.78 is 10.5. The molecule has 0 radical (unpaired) electrons. The van der Waals surface area contributed by atoms with Gasteiger partial charge < -0.3 is 20.3 Å². The first-order chi connectivity index (χ1) is 10.2. The monoisotopic (exact) mass is 287 g/mol. The Morgan fingerprint density at radius 3 is 2.43 bits per heavy atom. The van der Waals surface area contributed by atoms with Crippen molar-refractivity contribution in [2.45, 2.75) is 18.9 Å². The molecule has 2 rings (SSSR count). The summed E-state index contributed by atoms with van der Waals surface area (Å²) in [6.07, 6.45) is 0.763. The summed E-state index contributed by atoms with van der Waals surface area (Å²) >= 11 is 0. The lowest BCUT2D eigenvalue weighted by Gasteiger charge is -2.14. The van der Waals surface area contributed by atoms with Crippen LogP contribution in [0.2, 0.25) is 0 Å². The third kappa shape index (κ3) is 3.67. The second kappa shape index (κ2) is 6.99. The molecule has 2 aromatic carbocycles. The molecule has 1 unspecified atom stereocenters. The van der Waals surface area contributed by atoms with E-state index in [1.165, 1.54) is 0 Å². The molecule has 0 heterocycles. The fourth-order valence-corrected chi connectivity index (χ4v) is 2.31. The first-order valence-corrected chi connectivity index (χ1v) is 6.89. The summed E-state index contributed by atoms with van der Waals surface area (Å²) in [4.78, 5) is 0. The lowest BCUT2D eigenvalue weighted by molar-refractivity contribution is 0.168. The lowest BCUT2D eigenvalue weighted by Crippen LogP contribution is -2.03. The van der Waals surface area contributed by atoms with Crippen LogP contribution in [-0.2, 0) is 6.42 Å². The average Bonchev–Trinajstić information content (AvgIpc) is 2.52. The van der Waals surface area contributed by atoms with E-state index in [1.54, 1.807) is 20.3 Å². The smallest absolute Gasteiger partial charge is 0.160 e. The highest BCUT2D eigenvalue weighted by Gasteiger charge is 2.11. The highest BCUT2D eigenvalue weighted by molar-refractivity contribution is 5.47. The molecule has 1 atom stereocenters. The summed E-state index contributed by atoms with van der Waals surface area (Å²) in [5.41, 5.74) is 8.36. The number of hydrogen-bond donors (Lipinski definition) is 2. The number of aliphatic hydroxyl groups excluding tert-OH is 1. The number of para-hydroxylation sites is 1. The van der Waals surface area contributed by atoms with Crippen molar-refractivity contribution in [3.63, 3.8) is 0 Å². The minimum atomic E-state index is -0.570. The van der Waals surface area contributed by atoms with Gasteiger partial charge in [0.25, 0.3) is 0 Å². The zero-order chi connectivity index (χ0) is 15.2. The first-order valence-electron chi connectivity index (χ1n) is 6.89. The van der Waals surface area contributed by atoms with Gasteiger partial charge in [0.2, 0.25) is 0 Å². The van der Waals surface area contributed by atoms with Gasteiger partial charge in [0.15, 0.2) is 11.5 Å². The van der Waals surface area contributed by atoms with Gasteiger partial charge in [0.05, 0.1) is 20.3 Å². The number of aliphatic hydroxyl groups is 1. The molecule has 0 bridgehead atoms. The highest BCUT2D eigenvalue weighted by Crippen LogP contribution is 2.29. The molecule has 0 aliphatic rings. The fraction of sp³-hybridized carbons (Fsp3) is 0.294. The Kier molecular flexibility index (Phi) is 5.06. The van der Waals surface area contributed by atoms with E-state index in [0.717, 1.165) is 17.5 Å². The second-order valence-corrected chi connectivity index (χ2v) is 4.87. The van der Waals surface area contributed by atoms with E-state index in [9.17, 15) is 5.11 Å². The fourth-order valence-electron chi connectivity index (χ4n) is 2.31. The summed E-state index contributed by atoms with van der Waals surface area (Å²) in [6, 6.07) is 13.2. The van der Waals surface area contributed by atoms with Crippen LogP contribution in [0.4, 0.5) is 5.69 Å². The molecule has 21 heavy (non-hydrogen) atoms. The number of hydrogen-bond acceptors (Lipinski definition) is 4. The summed E-state index contributed by atoms with van der Waals surface area (Å²) in [5.74, 6) is 1.40. The van der Waals surface area contributed by atoms with Crippen molar-refractivity contribution in [3.05, 3.63) is 53.6 Å². The van der Waals surface area contributed by atoms with E-state index in [1.807, 2.05) is 36.4 Å².